The van der Waals surface area contributed by atoms with Gasteiger partial charge < -0.3 is 15.2 Å². The molecule has 0 spiro atoms. The molecule has 3 aromatic rings. The third-order valence-corrected chi connectivity index (χ3v) is 5.30. The molecule has 1 aromatic heterocycles. The van der Waals surface area contributed by atoms with Crippen molar-refractivity contribution in [2.45, 2.75) is 18.9 Å². The lowest BCUT2D eigenvalue weighted by atomic mass is 10.0. The molecule has 0 saturated carbocycles. The molecule has 138 valence electrons. The van der Waals surface area contributed by atoms with E-state index in [1.807, 2.05) is 18.2 Å². The number of aryl methyl sites for hydroxylation is 1. The van der Waals surface area contributed by atoms with Crippen LogP contribution in [0.25, 0.3) is 10.8 Å². The van der Waals surface area contributed by atoms with Gasteiger partial charge in [0.2, 0.25) is 0 Å². The summed E-state index contributed by atoms with van der Waals surface area (Å²) in [7, 11) is 1.71. The Hall–Kier alpha value is -2.86. The predicted octanol–water partition coefficient (Wildman–Crippen LogP) is 4.47. The van der Waals surface area contributed by atoms with Gasteiger partial charge in [-0.2, -0.15) is 0 Å². The zero-order valence-corrected chi connectivity index (χ0v) is 15.3. The molecule has 4 rings (SSSR count). The van der Waals surface area contributed by atoms with E-state index >= 15 is 0 Å². The average molecular weight is 386 g/mol. The van der Waals surface area contributed by atoms with E-state index in [9.17, 15) is 14.0 Å². The summed E-state index contributed by atoms with van der Waals surface area (Å²) in [6, 6.07) is 10.9. The lowest BCUT2D eigenvalue weighted by molar-refractivity contribution is 0.204. The van der Waals surface area contributed by atoms with E-state index in [-0.39, 0.29) is 22.7 Å². The average Bonchev–Trinajstić information content (AvgIpc) is 3.08. The van der Waals surface area contributed by atoms with E-state index in [1.165, 1.54) is 18.2 Å². The summed E-state index contributed by atoms with van der Waals surface area (Å²) in [5.74, 6) is -0.539. The van der Waals surface area contributed by atoms with Crippen molar-refractivity contribution in [2.75, 3.05) is 12.4 Å². The van der Waals surface area contributed by atoms with Crippen molar-refractivity contribution in [2.24, 2.45) is 0 Å². The quantitative estimate of drug-likeness (QED) is 0.683. The standard InChI is InChI=1S/C20H17ClFN3O2/c1-25(20(27)23-11-6-7-15(22)14(21)10-11)17-9-8-16-18(17)12-4-2-3-5-13(12)19(26)24-16/h2-7,10,17H,8-9H2,1H3,(H,23,27)(H,24,26)/t17-/m1/s1. The summed E-state index contributed by atoms with van der Waals surface area (Å²) < 4.78 is 13.3. The van der Waals surface area contributed by atoms with Gasteiger partial charge in [-0.05, 0) is 42.5 Å². The number of carbonyl (C=O) groups is 1. The number of nitrogens with one attached hydrogen (secondary N) is 2. The van der Waals surface area contributed by atoms with E-state index < -0.39 is 5.82 Å². The minimum Gasteiger partial charge on any atom is -0.325 e. The molecule has 7 heteroatoms. The number of aromatic amines is 1. The largest absolute Gasteiger partial charge is 0.325 e. The highest BCUT2D eigenvalue weighted by Crippen LogP contribution is 2.38. The first kappa shape index (κ1) is 17.5. The summed E-state index contributed by atoms with van der Waals surface area (Å²) >= 11 is 5.78. The Morgan fingerprint density at radius 2 is 2.00 bits per heavy atom. The molecular weight excluding hydrogens is 369 g/mol. The Morgan fingerprint density at radius 3 is 2.74 bits per heavy atom. The molecule has 0 saturated heterocycles. The van der Waals surface area contributed by atoms with Crippen molar-refractivity contribution in [1.82, 2.24) is 9.88 Å². The highest BCUT2D eigenvalue weighted by atomic mass is 35.5. The van der Waals surface area contributed by atoms with Crippen LogP contribution in [0, 0.1) is 5.82 Å². The normalized spacial score (nSPS) is 15.6. The van der Waals surface area contributed by atoms with Gasteiger partial charge in [0.1, 0.15) is 5.82 Å². The first-order chi connectivity index (χ1) is 13.0. The predicted molar refractivity (Wildman–Crippen MR) is 104 cm³/mol. The first-order valence-corrected chi connectivity index (χ1v) is 8.96. The van der Waals surface area contributed by atoms with Gasteiger partial charge in [-0.25, -0.2) is 9.18 Å². The van der Waals surface area contributed by atoms with Crippen LogP contribution in [-0.2, 0) is 6.42 Å². The van der Waals surface area contributed by atoms with Crippen LogP contribution in [0.3, 0.4) is 0 Å². The van der Waals surface area contributed by atoms with E-state index in [4.69, 9.17) is 11.6 Å². The molecule has 0 fully saturated rings. The minimum absolute atomic E-state index is 0.0507. The Bertz CT molecular complexity index is 1110. The maximum Gasteiger partial charge on any atom is 0.322 e. The van der Waals surface area contributed by atoms with Crippen LogP contribution in [0.15, 0.2) is 47.3 Å². The number of hydrogen-bond donors (Lipinski definition) is 2. The summed E-state index contributed by atoms with van der Waals surface area (Å²) in [6.45, 7) is 0. The molecule has 0 aliphatic heterocycles. The van der Waals surface area contributed by atoms with Gasteiger partial charge in [-0.15, -0.1) is 0 Å². The number of amides is 2. The number of nitrogens with zero attached hydrogens (tertiary/aromatic N) is 1. The second-order valence-corrected chi connectivity index (χ2v) is 7.02. The lowest BCUT2D eigenvalue weighted by Gasteiger charge is -2.26. The van der Waals surface area contributed by atoms with E-state index in [0.717, 1.165) is 16.6 Å². The third-order valence-electron chi connectivity index (χ3n) is 5.01. The molecule has 27 heavy (non-hydrogen) atoms. The maximum absolute atomic E-state index is 13.3. The molecule has 5 nitrogen and oxygen atoms in total. The van der Waals surface area contributed by atoms with Crippen molar-refractivity contribution in [3.05, 3.63) is 74.9 Å². The Morgan fingerprint density at radius 1 is 1.26 bits per heavy atom. The first-order valence-electron chi connectivity index (χ1n) is 8.58. The molecule has 1 aliphatic rings. The molecule has 2 aromatic carbocycles. The van der Waals surface area contributed by atoms with Gasteiger partial charge in [0.15, 0.2) is 0 Å². The SMILES string of the molecule is CN(C(=O)Nc1ccc(F)c(Cl)c1)[C@@H]1CCc2[nH]c(=O)c3ccccc3c21. The van der Waals surface area contributed by atoms with Gasteiger partial charge in [0.25, 0.3) is 5.56 Å². The Kier molecular flexibility index (Phi) is 4.36. The molecule has 1 aliphatic carbocycles. The Balaban J connectivity index is 1.66. The maximum atomic E-state index is 13.3. The number of fused-ring (bicyclic) bond motifs is 3. The Labute approximate surface area is 159 Å². The number of carbonyl (C=O) groups excluding carboxylic acids is 1. The smallest absolute Gasteiger partial charge is 0.322 e. The number of benzene rings is 2. The van der Waals surface area contributed by atoms with Crippen molar-refractivity contribution in [1.29, 1.82) is 0 Å². The fourth-order valence-corrected chi connectivity index (χ4v) is 3.85. The number of rotatable bonds is 2. The highest BCUT2D eigenvalue weighted by molar-refractivity contribution is 6.31. The van der Waals surface area contributed by atoms with Gasteiger partial charge in [0, 0.05) is 29.4 Å². The fourth-order valence-electron chi connectivity index (χ4n) is 3.67. The molecule has 2 N–H and O–H groups in total. The zero-order valence-electron chi connectivity index (χ0n) is 14.6. The summed E-state index contributed by atoms with van der Waals surface area (Å²) in [5, 5.41) is 4.17. The molecule has 0 radical (unpaired) electrons. The number of hydrogen-bond acceptors (Lipinski definition) is 2. The summed E-state index contributed by atoms with van der Waals surface area (Å²) in [5.41, 5.74) is 2.15. The van der Waals surface area contributed by atoms with E-state index in [0.29, 0.717) is 23.9 Å². The van der Waals surface area contributed by atoms with Crippen molar-refractivity contribution in [3.63, 3.8) is 0 Å². The molecule has 0 unspecified atom stereocenters. The molecule has 1 heterocycles. The monoisotopic (exact) mass is 385 g/mol. The lowest BCUT2D eigenvalue weighted by Crippen LogP contribution is -2.34. The van der Waals surface area contributed by atoms with Crippen molar-refractivity contribution < 1.29 is 9.18 Å². The van der Waals surface area contributed by atoms with Crippen LogP contribution in [0.4, 0.5) is 14.9 Å². The minimum atomic E-state index is -0.539. The second kappa shape index (κ2) is 6.70. The molecule has 1 atom stereocenters. The van der Waals surface area contributed by atoms with Gasteiger partial charge in [-0.3, -0.25) is 4.79 Å². The summed E-state index contributed by atoms with van der Waals surface area (Å²) in [4.78, 5) is 29.5. The number of urea groups is 1. The molecule has 2 amide bonds. The number of halogens is 2. The summed E-state index contributed by atoms with van der Waals surface area (Å²) in [6.07, 6.45) is 1.41. The van der Waals surface area contributed by atoms with E-state index in [2.05, 4.69) is 10.3 Å². The van der Waals surface area contributed by atoms with Crippen LogP contribution in [0.2, 0.25) is 5.02 Å². The van der Waals surface area contributed by atoms with Gasteiger partial charge >= 0.3 is 6.03 Å². The van der Waals surface area contributed by atoms with Crippen molar-refractivity contribution in [3.8, 4) is 0 Å². The van der Waals surface area contributed by atoms with Crippen LogP contribution < -0.4 is 10.9 Å². The zero-order chi connectivity index (χ0) is 19.1. The highest BCUT2D eigenvalue weighted by Gasteiger charge is 2.31. The number of pyridine rings is 1. The number of aromatic nitrogens is 1. The number of anilines is 1. The van der Waals surface area contributed by atoms with Crippen LogP contribution >= 0.6 is 11.6 Å². The van der Waals surface area contributed by atoms with E-state index in [1.54, 1.807) is 18.0 Å². The van der Waals surface area contributed by atoms with Crippen LogP contribution in [0.1, 0.15) is 23.7 Å². The second-order valence-electron chi connectivity index (χ2n) is 6.62. The topological polar surface area (TPSA) is 65.2 Å². The van der Waals surface area contributed by atoms with Gasteiger partial charge in [0.05, 0.1) is 11.1 Å². The van der Waals surface area contributed by atoms with Crippen LogP contribution in [-0.4, -0.2) is 23.0 Å². The molecule has 0 bridgehead atoms. The van der Waals surface area contributed by atoms with Gasteiger partial charge in [-0.1, -0.05) is 29.8 Å². The third kappa shape index (κ3) is 3.06. The van der Waals surface area contributed by atoms with Crippen molar-refractivity contribution >= 4 is 34.1 Å². The molecular formula is C20H17ClFN3O2. The fraction of sp³-hybridized carbons (Fsp3) is 0.200. The van der Waals surface area contributed by atoms with Crippen LogP contribution in [0.5, 0.6) is 0 Å². The number of H-pyrrole nitrogens is 1.